The Morgan fingerprint density at radius 3 is 1.00 bits per heavy atom. The summed E-state index contributed by atoms with van der Waals surface area (Å²) >= 11 is 0. The van der Waals surface area contributed by atoms with Gasteiger partial charge in [0.1, 0.15) is 0 Å². The second-order valence-electron chi connectivity index (χ2n) is 8.95. The normalized spacial score (nSPS) is 10.6. The van der Waals surface area contributed by atoms with Gasteiger partial charge < -0.3 is 20.3 Å². The van der Waals surface area contributed by atoms with E-state index in [2.05, 4.69) is 28.1 Å². The van der Waals surface area contributed by atoms with Gasteiger partial charge in [0.15, 0.2) is 0 Å². The van der Waals surface area contributed by atoms with E-state index in [1.807, 2.05) is 26.0 Å². The summed E-state index contributed by atoms with van der Waals surface area (Å²) in [7, 11) is 12.9. The molecule has 0 bridgehead atoms. The van der Waals surface area contributed by atoms with Gasteiger partial charge in [0.25, 0.3) is 0 Å². The van der Waals surface area contributed by atoms with Crippen molar-refractivity contribution in [2.75, 3.05) is 48.8 Å². The second kappa shape index (κ2) is 24.8. The first-order valence-corrected chi connectivity index (χ1v) is 10.7. The number of nitrogens with zero attached hydrogens (tertiary/aromatic N) is 2. The summed E-state index contributed by atoms with van der Waals surface area (Å²) in [5.74, 6) is 0. The largest absolute Gasteiger partial charge is 0.870 e. The highest BCUT2D eigenvalue weighted by Crippen LogP contribution is 2.13. The lowest BCUT2D eigenvalue weighted by Gasteiger charge is -2.23. The standard InChI is InChI=1S/C19H42N.C3H9N.2H2O/c1-5-6-7-8-9-10-11-12-13-14-15-16-17-18-19-20(2,3)4;1-4(2)3;;/h5-19H2,1-4H3;1-3H3;2*1H2/q+1;;;/p-1. The molecule has 0 aromatic rings. The molecule has 0 radical (unpaired) electrons. The van der Waals surface area contributed by atoms with E-state index in [0.29, 0.717) is 0 Å². The molecule has 4 nitrogen and oxygen atoms in total. The quantitative estimate of drug-likeness (QED) is 0.285. The van der Waals surface area contributed by atoms with Gasteiger partial charge in [-0.3, -0.25) is 0 Å². The smallest absolute Gasteiger partial charge is 0.0780 e. The third-order valence-corrected chi connectivity index (χ3v) is 4.18. The van der Waals surface area contributed by atoms with Crippen molar-refractivity contribution in [3.8, 4) is 0 Å². The molecule has 0 spiro atoms. The average Bonchev–Trinajstić information content (AvgIpc) is 2.46. The highest BCUT2D eigenvalue weighted by atomic mass is 16.0. The topological polar surface area (TPSA) is 64.7 Å². The van der Waals surface area contributed by atoms with Gasteiger partial charge in [-0.25, -0.2) is 0 Å². The van der Waals surface area contributed by atoms with Gasteiger partial charge in [-0.05, 0) is 34.0 Å². The Bertz CT molecular complexity index is 226. The van der Waals surface area contributed by atoms with Crippen molar-refractivity contribution in [2.45, 2.75) is 96.8 Å². The Balaban J connectivity index is -0.000000363. The van der Waals surface area contributed by atoms with Crippen LogP contribution in [-0.4, -0.2) is 69.2 Å². The number of unbranched alkanes of at least 4 members (excludes halogenated alkanes) is 13. The van der Waals surface area contributed by atoms with Crippen molar-refractivity contribution in [2.24, 2.45) is 0 Å². The van der Waals surface area contributed by atoms with E-state index in [9.17, 15) is 0 Å². The molecule has 4 heteroatoms. The number of hydrogen-bond acceptors (Lipinski definition) is 2. The molecule has 0 aromatic carbocycles. The van der Waals surface area contributed by atoms with E-state index >= 15 is 0 Å². The molecular weight excluding hydrogens is 324 g/mol. The van der Waals surface area contributed by atoms with Crippen LogP contribution in [0.1, 0.15) is 96.8 Å². The molecule has 0 aliphatic carbocycles. The lowest BCUT2D eigenvalue weighted by Crippen LogP contribution is -2.35. The predicted molar refractivity (Wildman–Crippen MR) is 118 cm³/mol. The maximum absolute atomic E-state index is 2.29. The van der Waals surface area contributed by atoms with Gasteiger partial charge in [0, 0.05) is 0 Å². The molecule has 0 unspecified atom stereocenters. The van der Waals surface area contributed by atoms with Gasteiger partial charge in [-0.2, -0.15) is 0 Å². The minimum Gasteiger partial charge on any atom is -0.870 e. The number of rotatable bonds is 15. The highest BCUT2D eigenvalue weighted by molar-refractivity contribution is 4.49. The highest BCUT2D eigenvalue weighted by Gasteiger charge is 2.04. The Hall–Kier alpha value is -0.160. The molecule has 0 atom stereocenters. The van der Waals surface area contributed by atoms with Crippen molar-refractivity contribution >= 4 is 0 Å². The van der Waals surface area contributed by atoms with Crippen LogP contribution in [0.2, 0.25) is 0 Å². The van der Waals surface area contributed by atoms with E-state index in [0.717, 1.165) is 4.48 Å². The minimum atomic E-state index is 0. The predicted octanol–water partition coefficient (Wildman–Crippen LogP) is 5.35. The molecule has 0 aliphatic rings. The fourth-order valence-corrected chi connectivity index (χ4v) is 2.78. The van der Waals surface area contributed by atoms with Gasteiger partial charge >= 0.3 is 0 Å². The second-order valence-corrected chi connectivity index (χ2v) is 8.95. The molecule has 0 saturated heterocycles. The zero-order valence-corrected chi connectivity index (χ0v) is 19.4. The summed E-state index contributed by atoms with van der Waals surface area (Å²) in [4.78, 5) is 2.00. The van der Waals surface area contributed by atoms with Crippen LogP contribution in [0.4, 0.5) is 0 Å². The zero-order chi connectivity index (χ0) is 18.7. The lowest BCUT2D eigenvalue weighted by molar-refractivity contribution is -0.870. The Kier molecular flexibility index (Phi) is 31.9. The molecule has 3 N–H and O–H groups in total. The maximum Gasteiger partial charge on any atom is 0.0780 e. The van der Waals surface area contributed by atoms with Gasteiger partial charge in [0.05, 0.1) is 27.7 Å². The third kappa shape index (κ3) is 43.9. The summed E-state index contributed by atoms with van der Waals surface area (Å²) in [5.41, 5.74) is 0. The molecule has 0 fully saturated rings. The van der Waals surface area contributed by atoms with Crippen molar-refractivity contribution in [1.82, 2.24) is 4.90 Å². The van der Waals surface area contributed by atoms with Crippen LogP contribution in [0, 0.1) is 0 Å². The molecule has 0 rings (SSSR count). The molecule has 0 aliphatic heterocycles. The molecule has 0 saturated carbocycles. The molecule has 0 heterocycles. The molecule has 26 heavy (non-hydrogen) atoms. The summed E-state index contributed by atoms with van der Waals surface area (Å²) in [6.07, 6.45) is 20.4. The Morgan fingerprint density at radius 1 is 0.538 bits per heavy atom. The minimum absolute atomic E-state index is 0. The molecule has 164 valence electrons. The molecular formula is C22H54N2O2. The van der Waals surface area contributed by atoms with E-state index in [1.54, 1.807) is 0 Å². The lowest BCUT2D eigenvalue weighted by atomic mass is 10.0. The number of quaternary nitrogens is 1. The van der Waals surface area contributed by atoms with Crippen LogP contribution >= 0.6 is 0 Å². The third-order valence-electron chi connectivity index (χ3n) is 4.18. The van der Waals surface area contributed by atoms with Gasteiger partial charge in [0.2, 0.25) is 0 Å². The first-order chi connectivity index (χ1) is 11.3. The van der Waals surface area contributed by atoms with Gasteiger partial charge in [-0.1, -0.05) is 84.0 Å². The van der Waals surface area contributed by atoms with Crippen LogP contribution in [-0.2, 0) is 0 Å². The van der Waals surface area contributed by atoms with Crippen LogP contribution in [0.15, 0.2) is 0 Å². The number of hydrogen-bond donors (Lipinski definition) is 0. The Morgan fingerprint density at radius 2 is 0.769 bits per heavy atom. The van der Waals surface area contributed by atoms with Crippen LogP contribution < -0.4 is 0 Å². The van der Waals surface area contributed by atoms with E-state index in [-0.39, 0.29) is 11.0 Å². The van der Waals surface area contributed by atoms with Crippen molar-refractivity contribution in [3.63, 3.8) is 0 Å². The monoisotopic (exact) mass is 378 g/mol. The average molecular weight is 379 g/mol. The van der Waals surface area contributed by atoms with Crippen LogP contribution in [0.3, 0.4) is 0 Å². The van der Waals surface area contributed by atoms with Crippen molar-refractivity contribution < 1.29 is 15.4 Å². The van der Waals surface area contributed by atoms with E-state index < -0.39 is 0 Å². The molecule has 0 aromatic heterocycles. The summed E-state index contributed by atoms with van der Waals surface area (Å²) < 4.78 is 1.12. The summed E-state index contributed by atoms with van der Waals surface area (Å²) in [5, 5.41) is 0. The van der Waals surface area contributed by atoms with E-state index in [4.69, 9.17) is 0 Å². The zero-order valence-electron chi connectivity index (χ0n) is 19.4. The summed E-state index contributed by atoms with van der Waals surface area (Å²) in [6, 6.07) is 0. The first-order valence-electron chi connectivity index (χ1n) is 10.7. The van der Waals surface area contributed by atoms with Crippen LogP contribution in [0.5, 0.6) is 0 Å². The summed E-state index contributed by atoms with van der Waals surface area (Å²) in [6.45, 7) is 3.63. The van der Waals surface area contributed by atoms with Crippen molar-refractivity contribution in [3.05, 3.63) is 0 Å². The fraction of sp³-hybridized carbons (Fsp3) is 1.00. The maximum atomic E-state index is 2.29. The Labute approximate surface area is 166 Å². The first kappa shape index (κ1) is 33.4. The molecule has 0 amide bonds. The van der Waals surface area contributed by atoms with Gasteiger partial charge in [-0.15, -0.1) is 0 Å². The SMILES string of the molecule is CCCCCCCCCCCCCCCC[N+](C)(C)C.CN(C)C.O.[OH-]. The van der Waals surface area contributed by atoms with Crippen LogP contribution in [0.25, 0.3) is 0 Å². The fourth-order valence-electron chi connectivity index (χ4n) is 2.78. The van der Waals surface area contributed by atoms with E-state index in [1.165, 1.54) is 96.4 Å². The van der Waals surface area contributed by atoms with Crippen molar-refractivity contribution in [1.29, 1.82) is 0 Å².